The van der Waals surface area contributed by atoms with Crippen molar-refractivity contribution >= 4 is 29.1 Å². The first-order valence-electron chi connectivity index (χ1n) is 9.83. The van der Waals surface area contributed by atoms with E-state index in [1.165, 1.54) is 10.2 Å². The number of carbonyl (C=O) groups excluding carboxylic acids is 1. The van der Waals surface area contributed by atoms with Crippen molar-refractivity contribution in [1.29, 1.82) is 0 Å². The Morgan fingerprint density at radius 3 is 2.37 bits per heavy atom. The summed E-state index contributed by atoms with van der Waals surface area (Å²) in [5.74, 6) is 0.390. The Balaban J connectivity index is 0.00000256. The van der Waals surface area contributed by atoms with Crippen molar-refractivity contribution in [1.82, 2.24) is 14.7 Å². The molecule has 4 rings (SSSR count). The molecule has 3 N–H and O–H groups in total. The van der Waals surface area contributed by atoms with Crippen molar-refractivity contribution in [2.24, 2.45) is 11.7 Å². The predicted molar refractivity (Wildman–Crippen MR) is 119 cm³/mol. The van der Waals surface area contributed by atoms with Crippen LogP contribution in [0.5, 0.6) is 0 Å². The second-order valence-corrected chi connectivity index (χ2v) is 7.50. The van der Waals surface area contributed by atoms with Gasteiger partial charge >= 0.3 is 0 Å². The average Bonchev–Trinajstić information content (AvgIpc) is 3.20. The molecule has 0 unspecified atom stereocenters. The molecule has 0 aliphatic carbocycles. The van der Waals surface area contributed by atoms with Crippen LogP contribution in [-0.4, -0.2) is 40.2 Å². The number of nitrogens with two attached hydrogens (primary N) is 1. The predicted octanol–water partition coefficient (Wildman–Crippen LogP) is 1.70. The SMILES string of the molecule is Cl.NC[C@@H]1CN(C(=O)CCn2[nH]c(=O)c3ccccc3c2=O)C[C@H]1c1ccccc1. The van der Waals surface area contributed by atoms with E-state index in [0.29, 0.717) is 30.4 Å². The van der Waals surface area contributed by atoms with Gasteiger partial charge in [0.25, 0.3) is 11.1 Å². The van der Waals surface area contributed by atoms with Gasteiger partial charge in [-0.15, -0.1) is 12.4 Å². The minimum atomic E-state index is -0.332. The fraction of sp³-hybridized carbons (Fsp3) is 0.318. The number of benzene rings is 2. The summed E-state index contributed by atoms with van der Waals surface area (Å²) in [7, 11) is 0. The summed E-state index contributed by atoms with van der Waals surface area (Å²) in [6.07, 6.45) is 0.146. The number of hydrogen-bond donors (Lipinski definition) is 2. The van der Waals surface area contributed by atoms with Crippen molar-refractivity contribution in [3.05, 3.63) is 80.9 Å². The van der Waals surface area contributed by atoms with E-state index in [-0.39, 0.29) is 54.2 Å². The third-order valence-corrected chi connectivity index (χ3v) is 5.76. The highest BCUT2D eigenvalue weighted by molar-refractivity contribution is 5.85. The molecular formula is C22H25ClN4O3. The van der Waals surface area contributed by atoms with Crippen LogP contribution in [0, 0.1) is 5.92 Å². The van der Waals surface area contributed by atoms with E-state index < -0.39 is 0 Å². The Morgan fingerprint density at radius 2 is 1.67 bits per heavy atom. The van der Waals surface area contributed by atoms with E-state index >= 15 is 0 Å². The van der Waals surface area contributed by atoms with Crippen LogP contribution in [-0.2, 0) is 11.3 Å². The van der Waals surface area contributed by atoms with E-state index in [0.717, 1.165) is 0 Å². The van der Waals surface area contributed by atoms with Gasteiger partial charge in [0.1, 0.15) is 0 Å². The van der Waals surface area contributed by atoms with Gasteiger partial charge in [-0.3, -0.25) is 19.5 Å². The maximum absolute atomic E-state index is 12.8. The Hall–Kier alpha value is -2.90. The quantitative estimate of drug-likeness (QED) is 0.645. The number of H-pyrrole nitrogens is 1. The first kappa shape index (κ1) is 21.8. The lowest BCUT2D eigenvalue weighted by molar-refractivity contribution is -0.130. The third kappa shape index (κ3) is 4.17. The van der Waals surface area contributed by atoms with Gasteiger partial charge in [0.05, 0.1) is 17.3 Å². The van der Waals surface area contributed by atoms with Crippen LogP contribution in [0.3, 0.4) is 0 Å². The second kappa shape index (κ2) is 9.28. The van der Waals surface area contributed by atoms with Crippen LogP contribution in [0.4, 0.5) is 0 Å². The second-order valence-electron chi connectivity index (χ2n) is 7.50. The zero-order valence-electron chi connectivity index (χ0n) is 16.5. The first-order valence-corrected chi connectivity index (χ1v) is 9.83. The summed E-state index contributed by atoms with van der Waals surface area (Å²) < 4.78 is 1.23. The Kier molecular flexibility index (Phi) is 6.74. The minimum absolute atomic E-state index is 0. The molecule has 1 aliphatic rings. The molecule has 1 aliphatic heterocycles. The van der Waals surface area contributed by atoms with Crippen molar-refractivity contribution in [2.75, 3.05) is 19.6 Å². The number of aromatic amines is 1. The zero-order chi connectivity index (χ0) is 20.4. The fourth-order valence-corrected chi connectivity index (χ4v) is 4.16. The Labute approximate surface area is 179 Å². The van der Waals surface area contributed by atoms with Crippen molar-refractivity contribution < 1.29 is 4.79 Å². The molecule has 158 valence electrons. The number of halogens is 1. The van der Waals surface area contributed by atoms with Crippen LogP contribution in [0.25, 0.3) is 10.8 Å². The van der Waals surface area contributed by atoms with Gasteiger partial charge in [0.2, 0.25) is 5.91 Å². The van der Waals surface area contributed by atoms with E-state index in [1.54, 1.807) is 24.3 Å². The topological polar surface area (TPSA) is 101 Å². The highest BCUT2D eigenvalue weighted by Gasteiger charge is 2.34. The molecule has 0 radical (unpaired) electrons. The van der Waals surface area contributed by atoms with Crippen LogP contribution < -0.4 is 16.9 Å². The number of nitrogens with one attached hydrogen (secondary N) is 1. The number of aryl methyl sites for hydroxylation is 1. The van der Waals surface area contributed by atoms with Crippen molar-refractivity contribution in [3.63, 3.8) is 0 Å². The standard InChI is InChI=1S/C22H24N4O3.ClH/c23-12-16-13-25(14-19(16)15-6-2-1-3-7-15)20(27)10-11-26-22(29)18-9-5-4-8-17(18)21(28)24-26;/h1-9,16,19H,10-14,23H2,(H,24,28);1H/t16-,19+;/m1./s1. The van der Waals surface area contributed by atoms with Gasteiger partial charge in [-0.2, -0.15) is 0 Å². The highest BCUT2D eigenvalue weighted by atomic mass is 35.5. The Morgan fingerprint density at radius 1 is 1.00 bits per heavy atom. The molecule has 3 aromatic rings. The van der Waals surface area contributed by atoms with Gasteiger partial charge in [-0.05, 0) is 30.2 Å². The number of fused-ring (bicyclic) bond motifs is 1. The molecule has 8 heteroatoms. The largest absolute Gasteiger partial charge is 0.342 e. The molecular weight excluding hydrogens is 404 g/mol. The lowest BCUT2D eigenvalue weighted by Crippen LogP contribution is -2.34. The maximum Gasteiger partial charge on any atom is 0.273 e. The molecule has 1 fully saturated rings. The maximum atomic E-state index is 12.8. The molecule has 7 nitrogen and oxygen atoms in total. The smallest absolute Gasteiger partial charge is 0.273 e. The lowest BCUT2D eigenvalue weighted by Gasteiger charge is -2.17. The van der Waals surface area contributed by atoms with Gasteiger partial charge in [0, 0.05) is 25.4 Å². The Bertz CT molecular complexity index is 1140. The summed E-state index contributed by atoms with van der Waals surface area (Å²) >= 11 is 0. The lowest BCUT2D eigenvalue weighted by atomic mass is 9.89. The molecule has 0 saturated carbocycles. The summed E-state index contributed by atoms with van der Waals surface area (Å²) in [5.41, 5.74) is 6.52. The van der Waals surface area contributed by atoms with Crippen LogP contribution in [0.1, 0.15) is 17.9 Å². The minimum Gasteiger partial charge on any atom is -0.342 e. The highest BCUT2D eigenvalue weighted by Crippen LogP contribution is 2.32. The van der Waals surface area contributed by atoms with Crippen LogP contribution in [0.15, 0.2) is 64.2 Å². The number of aromatic nitrogens is 2. The van der Waals surface area contributed by atoms with Crippen molar-refractivity contribution in [3.8, 4) is 0 Å². The molecule has 1 aromatic heterocycles. The number of carbonyl (C=O) groups is 1. The van der Waals surface area contributed by atoms with E-state index in [9.17, 15) is 14.4 Å². The molecule has 2 heterocycles. The number of likely N-dealkylation sites (tertiary alicyclic amines) is 1. The molecule has 1 amide bonds. The normalized spacial score (nSPS) is 18.4. The van der Waals surface area contributed by atoms with Gasteiger partial charge in [-0.25, -0.2) is 4.68 Å². The van der Waals surface area contributed by atoms with E-state index in [4.69, 9.17) is 5.73 Å². The van der Waals surface area contributed by atoms with Gasteiger partial charge < -0.3 is 10.6 Å². The fourth-order valence-electron chi connectivity index (χ4n) is 4.16. The molecule has 2 atom stereocenters. The van der Waals surface area contributed by atoms with Crippen LogP contribution >= 0.6 is 12.4 Å². The first-order chi connectivity index (χ1) is 14.1. The summed E-state index contributed by atoms with van der Waals surface area (Å²) in [4.78, 5) is 39.4. The van der Waals surface area contributed by atoms with E-state index in [1.807, 2.05) is 23.1 Å². The number of hydrogen-bond acceptors (Lipinski definition) is 4. The third-order valence-electron chi connectivity index (χ3n) is 5.76. The van der Waals surface area contributed by atoms with E-state index in [2.05, 4.69) is 17.2 Å². The average molecular weight is 429 g/mol. The zero-order valence-corrected chi connectivity index (χ0v) is 17.3. The van der Waals surface area contributed by atoms with Gasteiger partial charge in [0.15, 0.2) is 0 Å². The summed E-state index contributed by atoms with van der Waals surface area (Å²) in [6, 6.07) is 16.8. The number of nitrogens with zero attached hydrogens (tertiary/aromatic N) is 2. The summed E-state index contributed by atoms with van der Waals surface area (Å²) in [5, 5.41) is 3.29. The monoisotopic (exact) mass is 428 g/mol. The summed E-state index contributed by atoms with van der Waals surface area (Å²) in [6.45, 7) is 1.88. The van der Waals surface area contributed by atoms with Gasteiger partial charge in [-0.1, -0.05) is 42.5 Å². The molecule has 30 heavy (non-hydrogen) atoms. The van der Waals surface area contributed by atoms with Crippen molar-refractivity contribution in [2.45, 2.75) is 18.9 Å². The molecule has 0 bridgehead atoms. The number of rotatable bonds is 5. The molecule has 2 aromatic carbocycles. The molecule has 0 spiro atoms. The van der Waals surface area contributed by atoms with Crippen LogP contribution in [0.2, 0.25) is 0 Å². The molecule has 1 saturated heterocycles. The number of amides is 1.